The van der Waals surface area contributed by atoms with E-state index in [1.807, 2.05) is 0 Å². The van der Waals surface area contributed by atoms with Crippen LogP contribution in [0, 0.1) is 0 Å². The minimum Gasteiger partial charge on any atom is -0.462 e. The number of rotatable bonds is 6. The molecular weight excluding hydrogens is 452 g/mol. The van der Waals surface area contributed by atoms with Crippen molar-refractivity contribution < 1.29 is 23.9 Å². The average Bonchev–Trinajstić information content (AvgIpc) is 2.64. The first kappa shape index (κ1) is 21.7. The number of nitrogens with one attached hydrogen (secondary N) is 2. The van der Waals surface area contributed by atoms with E-state index in [9.17, 15) is 14.4 Å². The normalized spacial score (nSPS) is 10.1. The number of hydrogen-bond acceptors (Lipinski definition) is 5. The van der Waals surface area contributed by atoms with Crippen LogP contribution in [0.15, 0.2) is 40.9 Å². The number of amides is 2. The van der Waals surface area contributed by atoms with Gasteiger partial charge in [-0.05, 0) is 50.2 Å². The number of carbonyl (C=O) groups excluding carboxylic acids is 3. The molecule has 0 saturated carbocycles. The van der Waals surface area contributed by atoms with Gasteiger partial charge in [0.15, 0.2) is 0 Å². The van der Waals surface area contributed by atoms with Crippen molar-refractivity contribution in [3.05, 3.63) is 57.0 Å². The summed E-state index contributed by atoms with van der Waals surface area (Å²) in [6.07, 6.45) is 0. The van der Waals surface area contributed by atoms with Gasteiger partial charge in [0.1, 0.15) is 0 Å². The first-order chi connectivity index (χ1) is 13.3. The molecule has 0 aliphatic carbocycles. The second-order valence-electron chi connectivity index (χ2n) is 5.40. The number of anilines is 2. The van der Waals surface area contributed by atoms with E-state index < -0.39 is 18.0 Å². The van der Waals surface area contributed by atoms with Gasteiger partial charge >= 0.3 is 18.0 Å². The van der Waals surface area contributed by atoms with Gasteiger partial charge in [0.05, 0.1) is 40.7 Å². The zero-order chi connectivity index (χ0) is 20.7. The van der Waals surface area contributed by atoms with Crippen LogP contribution in [0.3, 0.4) is 0 Å². The Bertz CT molecular complexity index is 904. The quantitative estimate of drug-likeness (QED) is 0.574. The topological polar surface area (TPSA) is 93.7 Å². The van der Waals surface area contributed by atoms with Crippen molar-refractivity contribution in [2.45, 2.75) is 13.8 Å². The minimum atomic E-state index is -0.643. The Hall–Kier alpha value is -2.58. The maximum absolute atomic E-state index is 12.4. The van der Waals surface area contributed by atoms with Crippen LogP contribution in [0.2, 0.25) is 5.02 Å². The molecule has 0 aromatic heterocycles. The third-order valence-electron chi connectivity index (χ3n) is 3.45. The van der Waals surface area contributed by atoms with Gasteiger partial charge in [-0.15, -0.1) is 0 Å². The van der Waals surface area contributed by atoms with Gasteiger partial charge in [-0.3, -0.25) is 0 Å². The number of hydrogen-bond donors (Lipinski definition) is 2. The highest BCUT2D eigenvalue weighted by Crippen LogP contribution is 2.26. The molecule has 0 aliphatic rings. The molecular formula is C19H18BrClN2O5. The van der Waals surface area contributed by atoms with Gasteiger partial charge in [0.25, 0.3) is 0 Å². The largest absolute Gasteiger partial charge is 0.462 e. The van der Waals surface area contributed by atoms with E-state index in [-0.39, 0.29) is 30.0 Å². The van der Waals surface area contributed by atoms with Crippen LogP contribution in [0.4, 0.5) is 16.2 Å². The minimum absolute atomic E-state index is 0.104. The molecule has 0 atom stereocenters. The van der Waals surface area contributed by atoms with Crippen LogP contribution in [-0.4, -0.2) is 31.2 Å². The molecule has 0 saturated heterocycles. The van der Waals surface area contributed by atoms with E-state index >= 15 is 0 Å². The zero-order valence-electron chi connectivity index (χ0n) is 15.2. The molecule has 0 bridgehead atoms. The lowest BCUT2D eigenvalue weighted by molar-refractivity contribution is 0.0512. The monoisotopic (exact) mass is 468 g/mol. The summed E-state index contributed by atoms with van der Waals surface area (Å²) >= 11 is 9.38. The van der Waals surface area contributed by atoms with E-state index in [0.29, 0.717) is 10.7 Å². The smallest absolute Gasteiger partial charge is 0.340 e. The number of carbonyl (C=O) groups is 3. The van der Waals surface area contributed by atoms with Crippen LogP contribution < -0.4 is 10.6 Å². The van der Waals surface area contributed by atoms with E-state index in [4.69, 9.17) is 21.1 Å². The summed E-state index contributed by atoms with van der Waals surface area (Å²) < 4.78 is 10.7. The molecule has 148 valence electrons. The first-order valence-corrected chi connectivity index (χ1v) is 9.54. The van der Waals surface area contributed by atoms with Gasteiger partial charge in [0, 0.05) is 4.47 Å². The summed E-state index contributed by atoms with van der Waals surface area (Å²) in [6.45, 7) is 3.71. The second kappa shape index (κ2) is 10.1. The van der Waals surface area contributed by atoms with Crippen molar-refractivity contribution in [1.29, 1.82) is 0 Å². The van der Waals surface area contributed by atoms with Crippen molar-refractivity contribution in [3.63, 3.8) is 0 Å². The fourth-order valence-electron chi connectivity index (χ4n) is 2.24. The van der Waals surface area contributed by atoms with Crippen LogP contribution in [0.5, 0.6) is 0 Å². The van der Waals surface area contributed by atoms with Crippen molar-refractivity contribution in [3.8, 4) is 0 Å². The average molecular weight is 470 g/mol. The van der Waals surface area contributed by atoms with Crippen LogP contribution in [0.25, 0.3) is 0 Å². The number of esters is 2. The predicted molar refractivity (Wildman–Crippen MR) is 110 cm³/mol. The summed E-state index contributed by atoms with van der Waals surface area (Å²) in [6, 6.07) is 8.50. The highest BCUT2D eigenvalue weighted by molar-refractivity contribution is 9.10. The van der Waals surface area contributed by atoms with Gasteiger partial charge in [-0.25, -0.2) is 14.4 Å². The van der Waals surface area contributed by atoms with Crippen LogP contribution >= 0.6 is 27.5 Å². The van der Waals surface area contributed by atoms with Gasteiger partial charge in [0.2, 0.25) is 0 Å². The van der Waals surface area contributed by atoms with E-state index in [1.54, 1.807) is 32.0 Å². The van der Waals surface area contributed by atoms with Gasteiger partial charge in [-0.1, -0.05) is 27.5 Å². The maximum Gasteiger partial charge on any atom is 0.340 e. The summed E-state index contributed by atoms with van der Waals surface area (Å²) in [5.41, 5.74) is 0.773. The zero-order valence-corrected chi connectivity index (χ0v) is 17.5. The molecule has 0 unspecified atom stereocenters. The van der Waals surface area contributed by atoms with E-state index in [1.165, 1.54) is 18.2 Å². The van der Waals surface area contributed by atoms with Crippen molar-refractivity contribution in [2.24, 2.45) is 0 Å². The SMILES string of the molecule is CCOC(=O)c1ccc(C(=O)OCC)c(NC(=O)Nc2ccc(Br)cc2Cl)c1. The Morgan fingerprint density at radius 2 is 1.57 bits per heavy atom. The predicted octanol–water partition coefficient (Wildman–Crippen LogP) is 5.10. The number of benzene rings is 2. The molecule has 0 heterocycles. The highest BCUT2D eigenvalue weighted by atomic mass is 79.9. The molecule has 2 aromatic rings. The lowest BCUT2D eigenvalue weighted by atomic mass is 10.1. The van der Waals surface area contributed by atoms with Crippen molar-refractivity contribution in [1.82, 2.24) is 0 Å². The Morgan fingerprint density at radius 3 is 2.21 bits per heavy atom. The first-order valence-electron chi connectivity index (χ1n) is 8.37. The molecule has 2 aromatic carbocycles. The number of halogens is 2. The third-order valence-corrected chi connectivity index (χ3v) is 4.26. The second-order valence-corrected chi connectivity index (χ2v) is 6.73. The summed E-state index contributed by atoms with van der Waals surface area (Å²) in [7, 11) is 0. The third kappa shape index (κ3) is 5.71. The summed E-state index contributed by atoms with van der Waals surface area (Å²) in [4.78, 5) is 36.5. The number of urea groups is 1. The molecule has 2 amide bonds. The Kier molecular flexibility index (Phi) is 7.83. The standard InChI is InChI=1S/C19H18BrClN2O5/c1-3-27-17(24)11-5-7-13(18(25)28-4-2)16(9-11)23-19(26)22-15-8-6-12(20)10-14(15)21/h5-10H,3-4H2,1-2H3,(H2,22,23,26). The molecule has 0 aliphatic heterocycles. The fourth-order valence-corrected chi connectivity index (χ4v) is 2.96. The summed E-state index contributed by atoms with van der Waals surface area (Å²) in [5.74, 6) is -1.20. The molecule has 2 N–H and O–H groups in total. The molecule has 7 nitrogen and oxygen atoms in total. The Balaban J connectivity index is 2.29. The molecule has 2 rings (SSSR count). The molecule has 0 fully saturated rings. The maximum atomic E-state index is 12.4. The highest BCUT2D eigenvalue weighted by Gasteiger charge is 2.18. The molecule has 28 heavy (non-hydrogen) atoms. The molecule has 0 radical (unpaired) electrons. The van der Waals surface area contributed by atoms with Crippen molar-refractivity contribution in [2.75, 3.05) is 23.8 Å². The Morgan fingerprint density at radius 1 is 0.929 bits per heavy atom. The van der Waals surface area contributed by atoms with Crippen LogP contribution in [0.1, 0.15) is 34.6 Å². The molecule has 0 spiro atoms. The Labute approximate surface area is 175 Å². The van der Waals surface area contributed by atoms with Crippen LogP contribution in [-0.2, 0) is 9.47 Å². The molecule has 9 heteroatoms. The lowest BCUT2D eigenvalue weighted by Crippen LogP contribution is -2.22. The fraction of sp³-hybridized carbons (Fsp3) is 0.211. The van der Waals surface area contributed by atoms with Gasteiger partial charge < -0.3 is 20.1 Å². The van der Waals surface area contributed by atoms with Crippen molar-refractivity contribution >= 4 is 56.9 Å². The van der Waals surface area contributed by atoms with E-state index in [0.717, 1.165) is 4.47 Å². The number of ether oxygens (including phenoxy) is 2. The van der Waals surface area contributed by atoms with Gasteiger partial charge in [-0.2, -0.15) is 0 Å². The lowest BCUT2D eigenvalue weighted by Gasteiger charge is -2.13. The van der Waals surface area contributed by atoms with E-state index in [2.05, 4.69) is 26.6 Å². The summed E-state index contributed by atoms with van der Waals surface area (Å²) in [5, 5.41) is 5.46.